The van der Waals surface area contributed by atoms with E-state index < -0.39 is 11.8 Å². The molecule has 6 heteroatoms. The SMILES string of the molecule is CC(=O)c1ccc(NC(=O)CC(=O)NCc2ccco2)cc1. The third-order valence-corrected chi connectivity index (χ3v) is 2.94. The van der Waals surface area contributed by atoms with E-state index in [1.54, 1.807) is 36.4 Å². The van der Waals surface area contributed by atoms with Gasteiger partial charge in [0.1, 0.15) is 12.2 Å². The molecule has 22 heavy (non-hydrogen) atoms. The molecule has 0 unspecified atom stereocenters. The molecule has 0 saturated heterocycles. The van der Waals surface area contributed by atoms with Gasteiger partial charge in [-0.25, -0.2) is 0 Å². The van der Waals surface area contributed by atoms with Gasteiger partial charge in [-0.15, -0.1) is 0 Å². The van der Waals surface area contributed by atoms with E-state index in [0.29, 0.717) is 17.0 Å². The molecule has 1 heterocycles. The molecular formula is C16H16N2O4. The molecule has 0 bridgehead atoms. The Kier molecular flexibility index (Phi) is 5.08. The normalized spacial score (nSPS) is 10.0. The Hall–Kier alpha value is -2.89. The van der Waals surface area contributed by atoms with Crippen LogP contribution in [0.4, 0.5) is 5.69 Å². The highest BCUT2D eigenvalue weighted by atomic mass is 16.3. The van der Waals surface area contributed by atoms with Crippen molar-refractivity contribution in [3.63, 3.8) is 0 Å². The van der Waals surface area contributed by atoms with Crippen LogP contribution in [0.1, 0.15) is 29.5 Å². The molecule has 1 aromatic heterocycles. The Balaban J connectivity index is 1.79. The lowest BCUT2D eigenvalue weighted by molar-refractivity contribution is -0.127. The summed E-state index contributed by atoms with van der Waals surface area (Å²) in [5.74, 6) is -0.245. The van der Waals surface area contributed by atoms with Crippen LogP contribution in [-0.2, 0) is 16.1 Å². The molecule has 0 spiro atoms. The first kappa shape index (κ1) is 15.5. The second-order valence-electron chi connectivity index (χ2n) is 4.71. The number of benzene rings is 1. The molecule has 0 aliphatic rings. The molecular weight excluding hydrogens is 284 g/mol. The number of nitrogens with one attached hydrogen (secondary N) is 2. The zero-order valence-corrected chi connectivity index (χ0v) is 12.1. The summed E-state index contributed by atoms with van der Waals surface area (Å²) >= 11 is 0. The van der Waals surface area contributed by atoms with Crippen LogP contribution in [-0.4, -0.2) is 17.6 Å². The fourth-order valence-electron chi connectivity index (χ4n) is 1.80. The van der Waals surface area contributed by atoms with Gasteiger partial charge in [-0.3, -0.25) is 14.4 Å². The highest BCUT2D eigenvalue weighted by Crippen LogP contribution is 2.10. The van der Waals surface area contributed by atoms with Crippen LogP contribution >= 0.6 is 0 Å². The third kappa shape index (κ3) is 4.59. The van der Waals surface area contributed by atoms with Gasteiger partial charge < -0.3 is 15.1 Å². The van der Waals surface area contributed by atoms with Crippen molar-refractivity contribution in [2.45, 2.75) is 19.9 Å². The van der Waals surface area contributed by atoms with E-state index in [2.05, 4.69) is 10.6 Å². The highest BCUT2D eigenvalue weighted by molar-refractivity contribution is 6.03. The second kappa shape index (κ2) is 7.21. The summed E-state index contributed by atoms with van der Waals surface area (Å²) in [5.41, 5.74) is 1.10. The van der Waals surface area contributed by atoms with Crippen molar-refractivity contribution in [2.75, 3.05) is 5.32 Å². The number of hydrogen-bond acceptors (Lipinski definition) is 4. The van der Waals surface area contributed by atoms with Gasteiger partial charge in [0.2, 0.25) is 11.8 Å². The molecule has 2 N–H and O–H groups in total. The zero-order valence-electron chi connectivity index (χ0n) is 12.1. The Morgan fingerprint density at radius 1 is 1.05 bits per heavy atom. The summed E-state index contributed by atoms with van der Waals surface area (Å²) in [7, 11) is 0. The smallest absolute Gasteiger partial charge is 0.233 e. The standard InChI is InChI=1S/C16H16N2O4/c1-11(19)12-4-6-13(7-5-12)18-16(21)9-15(20)17-10-14-3-2-8-22-14/h2-8H,9-10H2,1H3,(H,17,20)(H,18,21). The lowest BCUT2D eigenvalue weighted by atomic mass is 10.1. The summed E-state index contributed by atoms with van der Waals surface area (Å²) in [4.78, 5) is 34.5. The molecule has 2 aromatic rings. The molecule has 114 valence electrons. The number of furan rings is 1. The summed E-state index contributed by atoms with van der Waals surface area (Å²) in [6, 6.07) is 9.93. The van der Waals surface area contributed by atoms with Crippen molar-refractivity contribution in [1.82, 2.24) is 5.32 Å². The number of ketones is 1. The van der Waals surface area contributed by atoms with Crippen molar-refractivity contribution in [3.05, 3.63) is 54.0 Å². The molecule has 0 atom stereocenters. The van der Waals surface area contributed by atoms with Gasteiger partial charge in [0.15, 0.2) is 5.78 Å². The van der Waals surface area contributed by atoms with E-state index >= 15 is 0 Å². The molecule has 6 nitrogen and oxygen atoms in total. The first-order valence-corrected chi connectivity index (χ1v) is 6.74. The van der Waals surface area contributed by atoms with Crippen LogP contribution in [0.5, 0.6) is 0 Å². The Labute approximate surface area is 127 Å². The van der Waals surface area contributed by atoms with Crippen LogP contribution in [0.25, 0.3) is 0 Å². The van der Waals surface area contributed by atoms with Gasteiger partial charge in [-0.05, 0) is 43.3 Å². The van der Waals surface area contributed by atoms with Crippen molar-refractivity contribution in [2.24, 2.45) is 0 Å². The van der Waals surface area contributed by atoms with Crippen LogP contribution < -0.4 is 10.6 Å². The summed E-state index contributed by atoms with van der Waals surface area (Å²) in [5, 5.41) is 5.19. The number of rotatable bonds is 6. The summed E-state index contributed by atoms with van der Waals surface area (Å²) in [6.07, 6.45) is 1.23. The lowest BCUT2D eigenvalue weighted by Gasteiger charge is -2.06. The predicted octanol–water partition coefficient (Wildman–Crippen LogP) is 2.13. The van der Waals surface area contributed by atoms with Crippen molar-refractivity contribution >= 4 is 23.3 Å². The quantitative estimate of drug-likeness (QED) is 0.632. The maximum absolute atomic E-state index is 11.7. The van der Waals surface area contributed by atoms with Crippen LogP contribution in [0, 0.1) is 0 Å². The van der Waals surface area contributed by atoms with Gasteiger partial charge in [0, 0.05) is 11.3 Å². The van der Waals surface area contributed by atoms with Gasteiger partial charge in [-0.1, -0.05) is 0 Å². The number of amides is 2. The zero-order chi connectivity index (χ0) is 15.9. The topological polar surface area (TPSA) is 88.4 Å². The molecule has 0 fully saturated rings. The van der Waals surface area contributed by atoms with Crippen LogP contribution in [0.2, 0.25) is 0 Å². The van der Waals surface area contributed by atoms with E-state index in [1.165, 1.54) is 13.2 Å². The Morgan fingerprint density at radius 3 is 2.36 bits per heavy atom. The van der Waals surface area contributed by atoms with Gasteiger partial charge >= 0.3 is 0 Å². The van der Waals surface area contributed by atoms with E-state index in [9.17, 15) is 14.4 Å². The molecule has 0 radical (unpaired) electrons. The third-order valence-electron chi connectivity index (χ3n) is 2.94. The number of carbonyl (C=O) groups is 3. The Morgan fingerprint density at radius 2 is 1.77 bits per heavy atom. The minimum absolute atomic E-state index is 0.0461. The molecule has 0 aliphatic heterocycles. The minimum atomic E-state index is -0.424. The van der Waals surface area contributed by atoms with Gasteiger partial charge in [-0.2, -0.15) is 0 Å². The monoisotopic (exact) mass is 300 g/mol. The van der Waals surface area contributed by atoms with Gasteiger partial charge in [0.05, 0.1) is 12.8 Å². The fourth-order valence-corrected chi connectivity index (χ4v) is 1.80. The van der Waals surface area contributed by atoms with E-state index in [-0.39, 0.29) is 18.7 Å². The second-order valence-corrected chi connectivity index (χ2v) is 4.71. The maximum atomic E-state index is 11.7. The first-order valence-electron chi connectivity index (χ1n) is 6.74. The number of carbonyl (C=O) groups excluding carboxylic acids is 3. The molecule has 0 aliphatic carbocycles. The average Bonchev–Trinajstić information content (AvgIpc) is 2.99. The van der Waals surface area contributed by atoms with E-state index in [0.717, 1.165) is 0 Å². The van der Waals surface area contributed by atoms with Crippen molar-refractivity contribution in [1.29, 1.82) is 0 Å². The van der Waals surface area contributed by atoms with Crippen molar-refractivity contribution < 1.29 is 18.8 Å². The first-order chi connectivity index (χ1) is 10.5. The van der Waals surface area contributed by atoms with Crippen LogP contribution in [0.15, 0.2) is 47.1 Å². The molecule has 2 amide bonds. The van der Waals surface area contributed by atoms with Crippen molar-refractivity contribution in [3.8, 4) is 0 Å². The minimum Gasteiger partial charge on any atom is -0.467 e. The Bertz CT molecular complexity index is 660. The summed E-state index contributed by atoms with van der Waals surface area (Å²) < 4.78 is 5.07. The number of hydrogen-bond donors (Lipinski definition) is 2. The largest absolute Gasteiger partial charge is 0.467 e. The van der Waals surface area contributed by atoms with Gasteiger partial charge in [0.25, 0.3) is 0 Å². The fraction of sp³-hybridized carbons (Fsp3) is 0.188. The molecule has 0 saturated carbocycles. The molecule has 2 rings (SSSR count). The van der Waals surface area contributed by atoms with E-state index in [1.807, 2.05) is 0 Å². The number of anilines is 1. The predicted molar refractivity (Wildman–Crippen MR) is 80.2 cm³/mol. The highest BCUT2D eigenvalue weighted by Gasteiger charge is 2.10. The number of Topliss-reactive ketones (excluding diaryl/α,β-unsaturated/α-hetero) is 1. The molecule has 1 aromatic carbocycles. The lowest BCUT2D eigenvalue weighted by Crippen LogP contribution is -2.27. The maximum Gasteiger partial charge on any atom is 0.233 e. The summed E-state index contributed by atoms with van der Waals surface area (Å²) in [6.45, 7) is 1.71. The van der Waals surface area contributed by atoms with Crippen LogP contribution in [0.3, 0.4) is 0 Å². The van der Waals surface area contributed by atoms with E-state index in [4.69, 9.17) is 4.42 Å². The average molecular weight is 300 g/mol.